The van der Waals surface area contributed by atoms with Gasteiger partial charge in [0.15, 0.2) is 0 Å². The van der Waals surface area contributed by atoms with Gasteiger partial charge in [0, 0.05) is 12.6 Å². The van der Waals surface area contributed by atoms with Gasteiger partial charge in [0.1, 0.15) is 5.82 Å². The molecule has 3 rings (SSSR count). The molecule has 114 valence electrons. The Hall–Kier alpha value is -1.58. The summed E-state index contributed by atoms with van der Waals surface area (Å²) in [6.07, 6.45) is 7.77. The number of nitrogens with zero attached hydrogens (tertiary/aromatic N) is 1. The molecule has 0 unspecified atom stereocenters. The number of likely N-dealkylation sites (tertiary alicyclic amines) is 1. The van der Waals surface area contributed by atoms with E-state index in [1.807, 2.05) is 11.0 Å². The molecule has 0 radical (unpaired) electrons. The average molecular weight is 290 g/mol. The molecule has 0 spiro atoms. The van der Waals surface area contributed by atoms with Gasteiger partial charge in [0.25, 0.3) is 0 Å². The van der Waals surface area contributed by atoms with E-state index in [-0.39, 0.29) is 17.9 Å². The van der Waals surface area contributed by atoms with Crippen LogP contribution in [0.25, 0.3) is 0 Å². The van der Waals surface area contributed by atoms with Gasteiger partial charge in [0.2, 0.25) is 0 Å². The van der Waals surface area contributed by atoms with Crippen molar-refractivity contribution >= 4 is 6.03 Å². The molecule has 2 aliphatic rings. The van der Waals surface area contributed by atoms with Crippen molar-refractivity contribution in [3.63, 3.8) is 0 Å². The molecule has 1 heterocycles. The Labute approximate surface area is 125 Å². The lowest BCUT2D eigenvalue weighted by atomic mass is 9.96. The van der Waals surface area contributed by atoms with E-state index in [1.165, 1.54) is 25.3 Å². The first kappa shape index (κ1) is 14.4. The highest BCUT2D eigenvalue weighted by molar-refractivity contribution is 5.75. The third-order valence-electron chi connectivity index (χ3n) is 4.68. The van der Waals surface area contributed by atoms with Crippen LogP contribution in [0, 0.1) is 5.82 Å². The first-order valence-electron chi connectivity index (χ1n) is 8.06. The van der Waals surface area contributed by atoms with E-state index in [9.17, 15) is 9.18 Å². The molecule has 0 aromatic heterocycles. The van der Waals surface area contributed by atoms with Gasteiger partial charge in [-0.05, 0) is 43.4 Å². The Balaban J connectivity index is 1.67. The summed E-state index contributed by atoms with van der Waals surface area (Å²) in [4.78, 5) is 14.4. The zero-order valence-corrected chi connectivity index (χ0v) is 12.4. The van der Waals surface area contributed by atoms with Crippen LogP contribution >= 0.6 is 0 Å². The fourth-order valence-electron chi connectivity index (χ4n) is 3.57. The molecule has 1 atom stereocenters. The van der Waals surface area contributed by atoms with Crippen molar-refractivity contribution in [3.05, 3.63) is 35.6 Å². The van der Waals surface area contributed by atoms with Gasteiger partial charge >= 0.3 is 6.03 Å². The molecule has 1 saturated heterocycles. The monoisotopic (exact) mass is 290 g/mol. The van der Waals surface area contributed by atoms with Crippen LogP contribution in [0.5, 0.6) is 0 Å². The maximum Gasteiger partial charge on any atom is 0.318 e. The predicted octanol–water partition coefficient (Wildman–Crippen LogP) is 4.00. The summed E-state index contributed by atoms with van der Waals surface area (Å²) in [5.74, 6) is -0.230. The Bertz CT molecular complexity index is 499. The summed E-state index contributed by atoms with van der Waals surface area (Å²) in [6.45, 7) is 0.764. The Kier molecular flexibility index (Phi) is 4.42. The third-order valence-corrected chi connectivity index (χ3v) is 4.68. The van der Waals surface area contributed by atoms with Gasteiger partial charge in [-0.25, -0.2) is 9.18 Å². The molecule has 21 heavy (non-hydrogen) atoms. The number of rotatable bonds is 2. The lowest BCUT2D eigenvalue weighted by molar-refractivity contribution is 0.185. The second-order valence-electron chi connectivity index (χ2n) is 6.19. The number of hydrogen-bond acceptors (Lipinski definition) is 1. The van der Waals surface area contributed by atoms with Gasteiger partial charge in [-0.3, -0.25) is 0 Å². The van der Waals surface area contributed by atoms with Crippen LogP contribution in [0.15, 0.2) is 24.3 Å². The van der Waals surface area contributed by atoms with Crippen molar-refractivity contribution in [2.24, 2.45) is 0 Å². The molecule has 1 aliphatic carbocycles. The van der Waals surface area contributed by atoms with Crippen LogP contribution in [0.3, 0.4) is 0 Å². The normalized spacial score (nSPS) is 23.3. The highest BCUT2D eigenvalue weighted by Crippen LogP contribution is 2.32. The van der Waals surface area contributed by atoms with E-state index >= 15 is 0 Å². The Morgan fingerprint density at radius 1 is 1.14 bits per heavy atom. The topological polar surface area (TPSA) is 32.3 Å². The minimum Gasteiger partial charge on any atom is -0.335 e. The minimum absolute atomic E-state index is 0.0179. The highest BCUT2D eigenvalue weighted by Gasteiger charge is 2.31. The maximum absolute atomic E-state index is 13.4. The molecule has 2 amide bonds. The zero-order chi connectivity index (χ0) is 14.7. The second kappa shape index (κ2) is 6.46. The van der Waals surface area contributed by atoms with Crippen molar-refractivity contribution in [1.82, 2.24) is 10.2 Å². The summed E-state index contributed by atoms with van der Waals surface area (Å²) >= 11 is 0. The number of benzene rings is 1. The molecular formula is C17H23FN2O. The average Bonchev–Trinajstić information content (AvgIpc) is 2.98. The van der Waals surface area contributed by atoms with E-state index in [0.717, 1.165) is 37.8 Å². The summed E-state index contributed by atoms with van der Waals surface area (Å²) in [6, 6.07) is 7.00. The van der Waals surface area contributed by atoms with Crippen LogP contribution in [-0.4, -0.2) is 23.5 Å². The van der Waals surface area contributed by atoms with Gasteiger partial charge < -0.3 is 10.2 Å². The third kappa shape index (κ3) is 3.36. The number of amides is 2. The summed E-state index contributed by atoms with van der Waals surface area (Å²) in [5, 5.41) is 3.17. The van der Waals surface area contributed by atoms with Crippen molar-refractivity contribution in [2.45, 2.75) is 57.0 Å². The number of carbonyl (C=O) groups is 1. The Morgan fingerprint density at radius 2 is 1.95 bits per heavy atom. The first-order valence-corrected chi connectivity index (χ1v) is 8.06. The largest absolute Gasteiger partial charge is 0.335 e. The predicted molar refractivity (Wildman–Crippen MR) is 80.5 cm³/mol. The van der Waals surface area contributed by atoms with Crippen molar-refractivity contribution in [1.29, 1.82) is 0 Å². The molecule has 1 aliphatic heterocycles. The molecular weight excluding hydrogens is 267 g/mol. The van der Waals surface area contributed by atoms with E-state index in [1.54, 1.807) is 12.1 Å². The standard InChI is InChI=1S/C17H23FN2O/c18-14-7-4-6-13(12-14)16-10-5-11-20(16)17(21)19-15-8-2-1-3-9-15/h4,6-7,12,15-16H,1-3,5,8-11H2,(H,19,21)/t16-/m1/s1. The van der Waals surface area contributed by atoms with Crippen LogP contribution in [0.2, 0.25) is 0 Å². The van der Waals surface area contributed by atoms with Gasteiger partial charge in [-0.2, -0.15) is 0 Å². The van der Waals surface area contributed by atoms with Gasteiger partial charge in [-0.15, -0.1) is 0 Å². The highest BCUT2D eigenvalue weighted by atomic mass is 19.1. The fraction of sp³-hybridized carbons (Fsp3) is 0.588. The van der Waals surface area contributed by atoms with E-state index < -0.39 is 0 Å². The van der Waals surface area contributed by atoms with Crippen LogP contribution in [0.1, 0.15) is 56.6 Å². The smallest absolute Gasteiger partial charge is 0.318 e. The van der Waals surface area contributed by atoms with Crippen LogP contribution < -0.4 is 5.32 Å². The van der Waals surface area contributed by atoms with E-state index in [0.29, 0.717) is 6.04 Å². The number of hydrogen-bond donors (Lipinski definition) is 1. The van der Waals surface area contributed by atoms with Crippen molar-refractivity contribution < 1.29 is 9.18 Å². The number of urea groups is 1. The molecule has 1 aromatic carbocycles. The molecule has 0 bridgehead atoms. The molecule has 1 aromatic rings. The fourth-order valence-corrected chi connectivity index (χ4v) is 3.57. The molecule has 1 saturated carbocycles. The van der Waals surface area contributed by atoms with Gasteiger partial charge in [-0.1, -0.05) is 31.4 Å². The zero-order valence-electron chi connectivity index (χ0n) is 12.4. The van der Waals surface area contributed by atoms with Gasteiger partial charge in [0.05, 0.1) is 6.04 Å². The minimum atomic E-state index is -0.230. The lowest BCUT2D eigenvalue weighted by Crippen LogP contribution is -2.45. The summed E-state index contributed by atoms with van der Waals surface area (Å²) in [7, 11) is 0. The first-order chi connectivity index (χ1) is 10.2. The van der Waals surface area contributed by atoms with Crippen LogP contribution in [0.4, 0.5) is 9.18 Å². The summed E-state index contributed by atoms with van der Waals surface area (Å²) in [5.41, 5.74) is 0.909. The quantitative estimate of drug-likeness (QED) is 0.877. The maximum atomic E-state index is 13.4. The van der Waals surface area contributed by atoms with Crippen molar-refractivity contribution in [2.75, 3.05) is 6.54 Å². The van der Waals surface area contributed by atoms with Crippen LogP contribution in [-0.2, 0) is 0 Å². The van der Waals surface area contributed by atoms with E-state index in [2.05, 4.69) is 5.32 Å². The second-order valence-corrected chi connectivity index (χ2v) is 6.19. The lowest BCUT2D eigenvalue weighted by Gasteiger charge is -2.29. The number of halogens is 1. The number of carbonyl (C=O) groups excluding carboxylic acids is 1. The number of nitrogens with one attached hydrogen (secondary N) is 1. The molecule has 4 heteroatoms. The van der Waals surface area contributed by atoms with E-state index in [4.69, 9.17) is 0 Å². The van der Waals surface area contributed by atoms with Crippen molar-refractivity contribution in [3.8, 4) is 0 Å². The SMILES string of the molecule is O=C(NC1CCCCC1)N1CCC[C@@H]1c1cccc(F)c1. The molecule has 3 nitrogen and oxygen atoms in total. The molecule has 1 N–H and O–H groups in total. The Morgan fingerprint density at radius 3 is 2.71 bits per heavy atom. The molecule has 2 fully saturated rings. The summed E-state index contributed by atoms with van der Waals surface area (Å²) < 4.78 is 13.4.